The molecule has 0 spiro atoms. The first-order valence-corrected chi connectivity index (χ1v) is 13.8. The van der Waals surface area contributed by atoms with E-state index in [9.17, 15) is 14.4 Å². The molecule has 2 N–H and O–H groups in total. The SMILES string of the molecule is CCOC(=O)Cc1csc(NC(=O)C(Sc2cccc(NC(=O)c3ccccc3C)c2)c2ccccc2)n1. The lowest BCUT2D eigenvalue weighted by molar-refractivity contribution is -0.142. The van der Waals surface area contributed by atoms with Crippen LogP contribution in [-0.4, -0.2) is 29.4 Å². The molecule has 0 bridgehead atoms. The van der Waals surface area contributed by atoms with Crippen LogP contribution in [0, 0.1) is 6.92 Å². The molecular formula is C29H27N3O4S2. The molecule has 4 aromatic rings. The predicted octanol–water partition coefficient (Wildman–Crippen LogP) is 6.28. The Kier molecular flexibility index (Phi) is 9.29. The third-order valence-corrected chi connectivity index (χ3v) is 7.54. The highest BCUT2D eigenvalue weighted by molar-refractivity contribution is 8.00. The second kappa shape index (κ2) is 13.0. The number of rotatable bonds is 10. The topological polar surface area (TPSA) is 97.4 Å². The number of amides is 2. The van der Waals surface area contributed by atoms with Crippen molar-refractivity contribution in [1.82, 2.24) is 4.98 Å². The highest BCUT2D eigenvalue weighted by atomic mass is 32.2. The number of aryl methyl sites for hydroxylation is 1. The number of hydrogen-bond donors (Lipinski definition) is 2. The summed E-state index contributed by atoms with van der Waals surface area (Å²) in [5.41, 5.74) is 3.51. The number of carbonyl (C=O) groups excluding carboxylic acids is 3. The molecule has 0 aliphatic carbocycles. The lowest BCUT2D eigenvalue weighted by atomic mass is 10.1. The monoisotopic (exact) mass is 545 g/mol. The van der Waals surface area contributed by atoms with E-state index in [1.165, 1.54) is 23.1 Å². The van der Waals surface area contributed by atoms with E-state index in [-0.39, 0.29) is 24.2 Å². The van der Waals surface area contributed by atoms with Gasteiger partial charge in [0.05, 0.1) is 18.7 Å². The maximum Gasteiger partial charge on any atom is 0.311 e. The first kappa shape index (κ1) is 27.1. The first-order valence-electron chi connectivity index (χ1n) is 12.0. The van der Waals surface area contributed by atoms with Crippen LogP contribution in [0.5, 0.6) is 0 Å². The zero-order valence-corrected chi connectivity index (χ0v) is 22.6. The smallest absolute Gasteiger partial charge is 0.311 e. The van der Waals surface area contributed by atoms with E-state index in [1.807, 2.05) is 79.7 Å². The molecule has 194 valence electrons. The minimum Gasteiger partial charge on any atom is -0.466 e. The van der Waals surface area contributed by atoms with Gasteiger partial charge in [0, 0.05) is 21.5 Å². The van der Waals surface area contributed by atoms with Crippen LogP contribution in [0.15, 0.2) is 89.1 Å². The molecule has 7 nitrogen and oxygen atoms in total. The van der Waals surface area contributed by atoms with Crippen molar-refractivity contribution < 1.29 is 19.1 Å². The molecule has 1 atom stereocenters. The maximum atomic E-state index is 13.4. The van der Waals surface area contributed by atoms with E-state index in [4.69, 9.17) is 4.74 Å². The van der Waals surface area contributed by atoms with E-state index in [1.54, 1.807) is 18.4 Å². The Bertz CT molecular complexity index is 1420. The van der Waals surface area contributed by atoms with Crippen molar-refractivity contribution in [2.45, 2.75) is 30.4 Å². The third kappa shape index (κ3) is 7.30. The Labute approximate surface area is 229 Å². The number of hydrogen-bond acceptors (Lipinski definition) is 7. The molecule has 4 rings (SSSR count). The molecule has 1 aromatic heterocycles. The second-order valence-corrected chi connectivity index (χ2v) is 10.4. The maximum absolute atomic E-state index is 13.4. The van der Waals surface area contributed by atoms with Crippen LogP contribution >= 0.6 is 23.1 Å². The summed E-state index contributed by atoms with van der Waals surface area (Å²) in [5, 5.41) is 7.41. The summed E-state index contributed by atoms with van der Waals surface area (Å²) in [6.45, 7) is 3.95. The predicted molar refractivity (Wildman–Crippen MR) is 152 cm³/mol. The highest BCUT2D eigenvalue weighted by Gasteiger charge is 2.23. The van der Waals surface area contributed by atoms with Crippen molar-refractivity contribution in [1.29, 1.82) is 0 Å². The van der Waals surface area contributed by atoms with Crippen LogP contribution in [0.2, 0.25) is 0 Å². The molecule has 0 saturated carbocycles. The van der Waals surface area contributed by atoms with Gasteiger partial charge in [-0.15, -0.1) is 23.1 Å². The molecule has 1 heterocycles. The summed E-state index contributed by atoms with van der Waals surface area (Å²) in [4.78, 5) is 43.1. The summed E-state index contributed by atoms with van der Waals surface area (Å²) >= 11 is 2.63. The molecule has 0 saturated heterocycles. The number of nitrogens with one attached hydrogen (secondary N) is 2. The van der Waals surface area contributed by atoms with Crippen LogP contribution < -0.4 is 10.6 Å². The van der Waals surface area contributed by atoms with E-state index < -0.39 is 5.25 Å². The van der Waals surface area contributed by atoms with Crippen molar-refractivity contribution >= 4 is 51.7 Å². The van der Waals surface area contributed by atoms with Gasteiger partial charge in [0.25, 0.3) is 5.91 Å². The normalized spacial score (nSPS) is 11.4. The van der Waals surface area contributed by atoms with E-state index >= 15 is 0 Å². The van der Waals surface area contributed by atoms with Gasteiger partial charge in [-0.2, -0.15) is 0 Å². The number of aromatic nitrogens is 1. The van der Waals surface area contributed by atoms with Gasteiger partial charge in [0.15, 0.2) is 5.13 Å². The summed E-state index contributed by atoms with van der Waals surface area (Å²) in [5.74, 6) is -0.791. The van der Waals surface area contributed by atoms with Gasteiger partial charge in [0.1, 0.15) is 5.25 Å². The lowest BCUT2D eigenvalue weighted by Gasteiger charge is -2.17. The van der Waals surface area contributed by atoms with E-state index in [0.29, 0.717) is 28.7 Å². The summed E-state index contributed by atoms with van der Waals surface area (Å²) in [6, 6.07) is 24.3. The number of thiazole rings is 1. The van der Waals surface area contributed by atoms with Crippen LogP contribution in [0.1, 0.15) is 39.4 Å². The fraction of sp³-hybridized carbons (Fsp3) is 0.172. The zero-order valence-electron chi connectivity index (χ0n) is 21.0. The van der Waals surface area contributed by atoms with Gasteiger partial charge in [-0.3, -0.25) is 14.4 Å². The van der Waals surface area contributed by atoms with Crippen LogP contribution in [0.3, 0.4) is 0 Å². The quantitative estimate of drug-likeness (QED) is 0.180. The fourth-order valence-corrected chi connectivity index (χ4v) is 5.48. The average molecular weight is 546 g/mol. The van der Waals surface area contributed by atoms with Crippen molar-refractivity contribution in [3.05, 3.63) is 107 Å². The minimum atomic E-state index is -0.573. The summed E-state index contributed by atoms with van der Waals surface area (Å²) in [6.07, 6.45) is 0.0537. The van der Waals surface area contributed by atoms with E-state index in [0.717, 1.165) is 16.0 Å². The van der Waals surface area contributed by atoms with Crippen molar-refractivity contribution in [3.8, 4) is 0 Å². The minimum absolute atomic E-state index is 0.0537. The molecule has 2 amide bonds. The molecule has 3 aromatic carbocycles. The van der Waals surface area contributed by atoms with Gasteiger partial charge >= 0.3 is 5.97 Å². The summed E-state index contributed by atoms with van der Waals surface area (Å²) in [7, 11) is 0. The molecule has 0 aliphatic heterocycles. The van der Waals surface area contributed by atoms with Gasteiger partial charge in [-0.05, 0) is 49.2 Å². The van der Waals surface area contributed by atoms with Crippen LogP contribution in [-0.2, 0) is 20.7 Å². The zero-order chi connectivity index (χ0) is 26.9. The molecule has 38 heavy (non-hydrogen) atoms. The van der Waals surface area contributed by atoms with Gasteiger partial charge in [0.2, 0.25) is 5.91 Å². The number of nitrogens with zero attached hydrogens (tertiary/aromatic N) is 1. The Balaban J connectivity index is 1.49. The number of ether oxygens (including phenoxy) is 1. The van der Waals surface area contributed by atoms with Gasteiger partial charge < -0.3 is 15.4 Å². The number of anilines is 2. The summed E-state index contributed by atoms with van der Waals surface area (Å²) < 4.78 is 4.97. The number of carbonyl (C=O) groups is 3. The van der Waals surface area contributed by atoms with Crippen molar-refractivity contribution in [2.75, 3.05) is 17.2 Å². The largest absolute Gasteiger partial charge is 0.466 e. The van der Waals surface area contributed by atoms with E-state index in [2.05, 4.69) is 15.6 Å². The Morgan fingerprint density at radius 3 is 2.50 bits per heavy atom. The lowest BCUT2D eigenvalue weighted by Crippen LogP contribution is -2.19. The highest BCUT2D eigenvalue weighted by Crippen LogP contribution is 2.37. The van der Waals surface area contributed by atoms with Crippen LogP contribution in [0.4, 0.5) is 10.8 Å². The molecule has 1 unspecified atom stereocenters. The second-order valence-electron chi connectivity index (χ2n) is 8.32. The number of benzene rings is 3. The number of thioether (sulfide) groups is 1. The Morgan fingerprint density at radius 1 is 0.974 bits per heavy atom. The molecular weight excluding hydrogens is 518 g/mol. The molecule has 9 heteroatoms. The molecule has 0 fully saturated rings. The van der Waals surface area contributed by atoms with Crippen molar-refractivity contribution in [3.63, 3.8) is 0 Å². The third-order valence-electron chi connectivity index (χ3n) is 5.49. The average Bonchev–Trinajstić information content (AvgIpc) is 3.34. The first-order chi connectivity index (χ1) is 18.4. The Hall–Kier alpha value is -3.95. The molecule has 0 radical (unpaired) electrons. The molecule has 0 aliphatic rings. The van der Waals surface area contributed by atoms with Crippen molar-refractivity contribution in [2.24, 2.45) is 0 Å². The van der Waals surface area contributed by atoms with Gasteiger partial charge in [-0.25, -0.2) is 4.98 Å². The Morgan fingerprint density at radius 2 is 1.74 bits per heavy atom. The van der Waals surface area contributed by atoms with Gasteiger partial charge in [-0.1, -0.05) is 54.6 Å². The fourth-order valence-electron chi connectivity index (χ4n) is 3.69. The number of esters is 1. The standard InChI is InChI=1S/C29H27N3O4S2/c1-3-36-25(33)17-22-18-37-29(31-22)32-28(35)26(20-11-5-4-6-12-20)38-23-14-9-13-21(16-23)30-27(34)24-15-8-7-10-19(24)2/h4-16,18,26H,3,17H2,1-2H3,(H,30,34)(H,31,32,35). The van der Waals surface area contributed by atoms with Crippen LogP contribution in [0.25, 0.3) is 0 Å².